The first-order valence-corrected chi connectivity index (χ1v) is 23.5. The summed E-state index contributed by atoms with van der Waals surface area (Å²) in [7, 11) is 0. The van der Waals surface area contributed by atoms with Gasteiger partial charge in [0.2, 0.25) is 0 Å². The first kappa shape index (κ1) is 47.1. The van der Waals surface area contributed by atoms with Crippen molar-refractivity contribution in [2.75, 3.05) is 26.4 Å². The highest BCUT2D eigenvalue weighted by molar-refractivity contribution is 5.26. The topological polar surface area (TPSA) is 276 Å². The van der Waals surface area contributed by atoms with Gasteiger partial charge < -0.3 is 89.0 Å². The maximum Gasteiger partial charge on any atom is 0.187 e. The molecule has 63 heavy (non-hydrogen) atoms. The second-order valence-corrected chi connectivity index (χ2v) is 21.1. The Hall–Kier alpha value is -0.980. The molecular weight excluding hydrogens is 828 g/mol. The number of ether oxygens (including phenoxy) is 8. The molecule has 360 valence electrons. The van der Waals surface area contributed by atoms with Gasteiger partial charge in [0, 0.05) is 12.3 Å². The smallest absolute Gasteiger partial charge is 0.187 e. The van der Waals surface area contributed by atoms with Crippen LogP contribution in [-0.2, 0) is 37.9 Å². The first-order chi connectivity index (χ1) is 30.0. The molecule has 18 heteroatoms. The zero-order valence-electron chi connectivity index (χ0n) is 36.8. The number of hydrogen-bond acceptors (Lipinski definition) is 18. The highest BCUT2D eigenvalue weighted by Gasteiger charge is 2.69. The standard InChI is InChI=1S/C45H72O18/c1-19-7-12-45(56-18-19)20(2)30-26(63-45)14-25-23-6-5-21-13-22(8-10-43(21,3)24(23)9-11-44(25,30)4)57-40-36(54)34(52)38(29(17-48)60-40)61-42-37(55)39(32(50)28(16-47)59-42)62-41-35(53)33(51)31(49)27(15-46)58-41/h5,19-20,22-42,46-55H,6-18H2,1-4H3/t19-,20-,22-,23+,24-,25-,26-,27+,28+,29+,30-,31+,32+,33-,34+,35+,36+,37+,38-,39-,40+,41-,42-,43-,44-,45+/m0/s1. The van der Waals surface area contributed by atoms with Crippen LogP contribution in [0.4, 0.5) is 0 Å². The third-order valence-corrected chi connectivity index (χ3v) is 17.7. The van der Waals surface area contributed by atoms with E-state index in [-0.39, 0.29) is 23.0 Å². The summed E-state index contributed by atoms with van der Waals surface area (Å²) in [6.45, 7) is 8.11. The molecule has 5 saturated heterocycles. The Morgan fingerprint density at radius 2 is 1.29 bits per heavy atom. The lowest BCUT2D eigenvalue weighted by atomic mass is 9.47. The third kappa shape index (κ3) is 7.81. The summed E-state index contributed by atoms with van der Waals surface area (Å²) in [6, 6.07) is 0. The van der Waals surface area contributed by atoms with Crippen molar-refractivity contribution in [1.29, 1.82) is 0 Å². The molecule has 0 bridgehead atoms. The van der Waals surface area contributed by atoms with Gasteiger partial charge in [-0.05, 0) is 91.8 Å². The van der Waals surface area contributed by atoms with Gasteiger partial charge in [0.1, 0.15) is 73.2 Å². The SMILES string of the molecule is C[C@H]1CC[C@@]2(OC1)O[C@H]1C[C@H]3[C@@H]4CC=C5C[C@@H](O[C@@H]6O[C@H](CO)[C@H](O[C@@H]7O[C@H](CO)[C@@H](O)[C@H](O[C@@H]8O[C@H](CO)[C@@H](O)[C@H](O)[C@H]8O)[C@H]7O)[C@H](O)[C@H]6O)CC[C@]5(C)[C@H]4CC[C@]3(C)[C@H]1[C@@H]2C. The summed E-state index contributed by atoms with van der Waals surface area (Å²) in [5.41, 5.74) is 1.56. The van der Waals surface area contributed by atoms with Crippen molar-refractivity contribution in [2.45, 2.75) is 196 Å². The summed E-state index contributed by atoms with van der Waals surface area (Å²) < 4.78 is 48.6. The number of aliphatic hydroxyl groups is 10. The van der Waals surface area contributed by atoms with E-state index in [1.165, 1.54) is 12.0 Å². The molecule has 0 aromatic rings. The van der Waals surface area contributed by atoms with E-state index < -0.39 is 118 Å². The normalized spacial score (nSPS) is 56.9. The van der Waals surface area contributed by atoms with E-state index in [0.29, 0.717) is 48.3 Å². The Kier molecular flexibility index (Phi) is 13.3. The summed E-state index contributed by atoms with van der Waals surface area (Å²) in [6.07, 6.45) is -13.4. The summed E-state index contributed by atoms with van der Waals surface area (Å²) in [5, 5.41) is 106. The fourth-order valence-electron chi connectivity index (χ4n) is 14.1. The minimum Gasteiger partial charge on any atom is -0.394 e. The van der Waals surface area contributed by atoms with Crippen molar-refractivity contribution in [3.8, 4) is 0 Å². The van der Waals surface area contributed by atoms with E-state index in [1.807, 2.05) is 0 Å². The molecule has 3 saturated carbocycles. The average molecular weight is 901 g/mol. The van der Waals surface area contributed by atoms with Crippen LogP contribution >= 0.6 is 0 Å². The molecule has 26 atom stereocenters. The van der Waals surface area contributed by atoms with Crippen LogP contribution in [0, 0.1) is 46.3 Å². The molecular formula is C45H72O18. The van der Waals surface area contributed by atoms with Gasteiger partial charge in [0.25, 0.3) is 0 Å². The number of hydrogen-bond donors (Lipinski definition) is 10. The molecule has 10 N–H and O–H groups in total. The van der Waals surface area contributed by atoms with Gasteiger partial charge in [-0.15, -0.1) is 0 Å². The second kappa shape index (κ2) is 17.8. The van der Waals surface area contributed by atoms with E-state index >= 15 is 0 Å². The van der Waals surface area contributed by atoms with Crippen LogP contribution in [0.5, 0.6) is 0 Å². The predicted molar refractivity (Wildman–Crippen MR) is 216 cm³/mol. The molecule has 8 fully saturated rings. The van der Waals surface area contributed by atoms with Crippen LogP contribution in [0.3, 0.4) is 0 Å². The van der Waals surface area contributed by atoms with E-state index in [4.69, 9.17) is 37.9 Å². The van der Waals surface area contributed by atoms with Crippen molar-refractivity contribution < 1.29 is 89.0 Å². The Labute approximate surface area is 368 Å². The Bertz CT molecular complexity index is 1630. The van der Waals surface area contributed by atoms with Gasteiger partial charge in [-0.25, -0.2) is 0 Å². The minimum atomic E-state index is -1.90. The van der Waals surface area contributed by atoms with Crippen molar-refractivity contribution in [2.24, 2.45) is 46.3 Å². The third-order valence-electron chi connectivity index (χ3n) is 17.7. The molecule has 18 nitrogen and oxygen atoms in total. The van der Waals surface area contributed by atoms with Crippen molar-refractivity contribution in [1.82, 2.24) is 0 Å². The maximum absolute atomic E-state index is 11.4. The lowest BCUT2D eigenvalue weighted by Gasteiger charge is -2.58. The Balaban J connectivity index is 0.831. The van der Waals surface area contributed by atoms with Crippen LogP contribution < -0.4 is 0 Å². The second-order valence-electron chi connectivity index (χ2n) is 21.1. The van der Waals surface area contributed by atoms with Gasteiger partial charge in [-0.1, -0.05) is 39.3 Å². The van der Waals surface area contributed by atoms with Crippen molar-refractivity contribution in [3.63, 3.8) is 0 Å². The van der Waals surface area contributed by atoms with E-state index in [1.54, 1.807) is 0 Å². The van der Waals surface area contributed by atoms with E-state index in [2.05, 4.69) is 33.8 Å². The molecule has 4 aliphatic carbocycles. The zero-order valence-corrected chi connectivity index (χ0v) is 36.8. The molecule has 0 aromatic carbocycles. The lowest BCUT2D eigenvalue weighted by molar-refractivity contribution is -0.382. The highest BCUT2D eigenvalue weighted by Crippen LogP contribution is 2.70. The molecule has 1 spiro atoms. The Morgan fingerprint density at radius 3 is 1.97 bits per heavy atom. The van der Waals surface area contributed by atoms with Crippen LogP contribution in [0.25, 0.3) is 0 Å². The first-order valence-electron chi connectivity index (χ1n) is 23.5. The molecule has 9 rings (SSSR count). The van der Waals surface area contributed by atoms with E-state index in [9.17, 15) is 51.1 Å². The number of allylic oxidation sites excluding steroid dienone is 1. The maximum atomic E-state index is 11.4. The highest BCUT2D eigenvalue weighted by atomic mass is 16.8. The molecule has 0 amide bonds. The van der Waals surface area contributed by atoms with Crippen LogP contribution in [0.2, 0.25) is 0 Å². The lowest BCUT2D eigenvalue weighted by Crippen LogP contribution is -2.67. The molecule has 5 aliphatic heterocycles. The average Bonchev–Trinajstić information content (AvgIpc) is 3.72. The molecule has 0 unspecified atom stereocenters. The molecule has 9 aliphatic rings. The van der Waals surface area contributed by atoms with Crippen molar-refractivity contribution >= 4 is 0 Å². The van der Waals surface area contributed by atoms with Gasteiger partial charge in [0.05, 0.1) is 38.6 Å². The van der Waals surface area contributed by atoms with Crippen LogP contribution in [-0.4, -0.2) is 188 Å². The monoisotopic (exact) mass is 900 g/mol. The van der Waals surface area contributed by atoms with Gasteiger partial charge in [-0.3, -0.25) is 0 Å². The molecule has 0 radical (unpaired) electrons. The van der Waals surface area contributed by atoms with Crippen LogP contribution in [0.15, 0.2) is 11.6 Å². The molecule has 0 aromatic heterocycles. The van der Waals surface area contributed by atoms with E-state index in [0.717, 1.165) is 45.1 Å². The summed E-state index contributed by atoms with van der Waals surface area (Å²) in [4.78, 5) is 0. The summed E-state index contributed by atoms with van der Waals surface area (Å²) in [5.74, 6) is 2.67. The predicted octanol–water partition coefficient (Wildman–Crippen LogP) is -0.813. The minimum absolute atomic E-state index is 0.00144. The fourth-order valence-corrected chi connectivity index (χ4v) is 14.1. The van der Waals surface area contributed by atoms with Gasteiger partial charge in [-0.2, -0.15) is 0 Å². The quantitative estimate of drug-likeness (QED) is 0.127. The summed E-state index contributed by atoms with van der Waals surface area (Å²) >= 11 is 0. The molecule has 5 heterocycles. The Morgan fingerprint density at radius 1 is 0.651 bits per heavy atom. The number of rotatable bonds is 9. The van der Waals surface area contributed by atoms with Gasteiger partial charge >= 0.3 is 0 Å². The van der Waals surface area contributed by atoms with Crippen molar-refractivity contribution in [3.05, 3.63) is 11.6 Å². The largest absolute Gasteiger partial charge is 0.394 e. The van der Waals surface area contributed by atoms with Crippen LogP contribution in [0.1, 0.15) is 85.5 Å². The number of aliphatic hydroxyl groups excluding tert-OH is 10. The number of fused-ring (bicyclic) bond motifs is 7. The van der Waals surface area contributed by atoms with Gasteiger partial charge in [0.15, 0.2) is 24.7 Å². The zero-order chi connectivity index (χ0) is 44.9. The fraction of sp³-hybridized carbons (Fsp3) is 0.956.